The van der Waals surface area contributed by atoms with Gasteiger partial charge in [-0.05, 0) is 86.5 Å². The molecule has 2 heteroatoms. The number of hydrogen-bond donors (Lipinski definition) is 0. The second-order valence-electron chi connectivity index (χ2n) is 15.8. The Morgan fingerprint density at radius 1 is 0.420 bits per heavy atom. The molecule has 5 aromatic rings. The van der Waals surface area contributed by atoms with Crippen LogP contribution in [0, 0.1) is 0 Å². The van der Waals surface area contributed by atoms with E-state index in [1.807, 2.05) is 0 Å². The first-order valence-electron chi connectivity index (χ1n) is 19.9. The van der Waals surface area contributed by atoms with Crippen LogP contribution in [0.3, 0.4) is 0 Å². The van der Waals surface area contributed by atoms with Gasteiger partial charge in [0.05, 0.1) is 16.6 Å². The van der Waals surface area contributed by atoms with Crippen LogP contribution in [0.5, 0.6) is 0 Å². The number of rotatable bonds is 9. The van der Waals surface area contributed by atoms with Crippen LogP contribution in [-0.4, -0.2) is 17.5 Å². The van der Waals surface area contributed by atoms with Crippen molar-refractivity contribution in [1.29, 1.82) is 0 Å². The summed E-state index contributed by atoms with van der Waals surface area (Å²) >= 11 is 0. The van der Waals surface area contributed by atoms with Crippen molar-refractivity contribution < 1.29 is 0 Å². The summed E-state index contributed by atoms with van der Waals surface area (Å²) in [4.78, 5) is 0. The minimum absolute atomic E-state index is 0.434. The molecule has 260 valence electrons. The molecular formula is C48H60BP. The number of benzene rings is 5. The van der Waals surface area contributed by atoms with Crippen molar-refractivity contribution in [3.63, 3.8) is 0 Å². The highest BCUT2D eigenvalue weighted by atomic mass is 31.1. The topological polar surface area (TPSA) is 0 Å². The molecule has 50 heavy (non-hydrogen) atoms. The summed E-state index contributed by atoms with van der Waals surface area (Å²) in [5.74, 6) is 1.30. The van der Waals surface area contributed by atoms with Crippen LogP contribution < -0.4 is 27.2 Å². The van der Waals surface area contributed by atoms with Crippen molar-refractivity contribution in [2.45, 2.75) is 115 Å². The highest BCUT2D eigenvalue weighted by Crippen LogP contribution is 2.55. The molecule has 2 aliphatic rings. The first-order valence-corrected chi connectivity index (χ1v) is 21.5. The summed E-state index contributed by atoms with van der Waals surface area (Å²) in [6.07, 6.45) is 13.8. The maximum atomic E-state index is 2.65. The van der Waals surface area contributed by atoms with Crippen molar-refractivity contribution in [1.82, 2.24) is 0 Å². The monoisotopic (exact) mass is 678 g/mol. The van der Waals surface area contributed by atoms with E-state index in [9.17, 15) is 0 Å². The van der Waals surface area contributed by atoms with E-state index in [2.05, 4.69) is 167 Å². The highest BCUT2D eigenvalue weighted by molar-refractivity contribution is 7.67. The van der Waals surface area contributed by atoms with E-state index >= 15 is 0 Å². The molecule has 2 aliphatic carbocycles. The molecule has 0 heterocycles. The molecule has 0 saturated heterocycles. The van der Waals surface area contributed by atoms with Gasteiger partial charge in [-0.15, -0.1) is 0 Å². The van der Waals surface area contributed by atoms with Gasteiger partial charge in [0.15, 0.2) is 0 Å². The largest absolute Gasteiger partial charge is 0.195 e. The Balaban J connectivity index is 0.000000173. The zero-order valence-corrected chi connectivity index (χ0v) is 32.2. The van der Waals surface area contributed by atoms with Gasteiger partial charge < -0.3 is 0 Å². The Bertz CT molecular complexity index is 1490. The average molecular weight is 679 g/mol. The van der Waals surface area contributed by atoms with E-state index in [1.54, 1.807) is 16.4 Å². The second-order valence-corrected chi connectivity index (χ2v) is 19.0. The highest BCUT2D eigenvalue weighted by Gasteiger charge is 2.39. The Kier molecular flexibility index (Phi) is 12.9. The lowest BCUT2D eigenvalue weighted by molar-refractivity contribution is 0.487. The van der Waals surface area contributed by atoms with E-state index in [0.717, 1.165) is 11.3 Å². The van der Waals surface area contributed by atoms with Gasteiger partial charge >= 0.3 is 0 Å². The van der Waals surface area contributed by atoms with Gasteiger partial charge in [0.25, 0.3) is 0 Å². The van der Waals surface area contributed by atoms with Gasteiger partial charge in [-0.25, -0.2) is 0 Å². The summed E-state index contributed by atoms with van der Waals surface area (Å²) < 4.78 is 0. The lowest BCUT2D eigenvalue weighted by atomic mass is 9.13. The van der Waals surface area contributed by atoms with E-state index in [0.29, 0.717) is 11.8 Å². The van der Waals surface area contributed by atoms with Crippen LogP contribution in [0.2, 0.25) is 0 Å². The quantitative estimate of drug-likeness (QED) is 0.108. The van der Waals surface area contributed by atoms with Gasteiger partial charge in [-0.1, -0.05) is 168 Å². The fourth-order valence-electron chi connectivity index (χ4n) is 9.26. The van der Waals surface area contributed by atoms with Crippen LogP contribution in [0.4, 0.5) is 0 Å². The lowest BCUT2D eigenvalue weighted by Crippen LogP contribution is -2.74. The van der Waals surface area contributed by atoms with Crippen molar-refractivity contribution in [2.24, 2.45) is 0 Å². The molecule has 7 rings (SSSR count). The summed E-state index contributed by atoms with van der Waals surface area (Å²) in [5.41, 5.74) is 10.6. The predicted molar refractivity (Wildman–Crippen MR) is 226 cm³/mol. The molecule has 0 amide bonds. The van der Waals surface area contributed by atoms with Crippen LogP contribution in [0.15, 0.2) is 140 Å². The lowest BCUT2D eigenvalue weighted by Gasteiger charge is -2.44. The molecular weight excluding hydrogens is 618 g/mol. The molecule has 0 unspecified atom stereocenters. The predicted octanol–water partition coefficient (Wildman–Crippen LogP) is 10.5. The van der Waals surface area contributed by atoms with Crippen LogP contribution in [0.1, 0.15) is 115 Å². The molecule has 0 N–H and O–H groups in total. The SMILES string of the molecule is CC(C)c1cc(C(C)C)cc([PH+](C2CCCCC2)C2CCCCC2)c1.c1ccc([B-](c2ccccc2)(c2ccccc2)c2ccccc2)cc1. The fraction of sp³-hybridized carbons (Fsp3) is 0.375. The summed E-state index contributed by atoms with van der Waals surface area (Å²) in [6, 6.07) is 51.3. The maximum absolute atomic E-state index is 2.65. The van der Waals surface area contributed by atoms with Gasteiger partial charge in [-0.2, -0.15) is 21.9 Å². The molecule has 0 aromatic heterocycles. The van der Waals surface area contributed by atoms with Crippen LogP contribution in [0.25, 0.3) is 0 Å². The van der Waals surface area contributed by atoms with Crippen molar-refractivity contribution >= 4 is 41.2 Å². The van der Waals surface area contributed by atoms with Crippen LogP contribution in [-0.2, 0) is 0 Å². The van der Waals surface area contributed by atoms with Crippen molar-refractivity contribution in [2.75, 3.05) is 0 Å². The molecule has 0 radical (unpaired) electrons. The molecule has 2 fully saturated rings. The molecule has 0 spiro atoms. The normalized spacial score (nSPS) is 16.0. The third kappa shape index (κ3) is 8.38. The first kappa shape index (κ1) is 36.4. The zero-order chi connectivity index (χ0) is 34.8. The Labute approximate surface area is 305 Å². The third-order valence-corrected chi connectivity index (χ3v) is 15.8. The van der Waals surface area contributed by atoms with Gasteiger partial charge in [0, 0.05) is 7.92 Å². The van der Waals surface area contributed by atoms with Gasteiger partial charge in [-0.3, -0.25) is 0 Å². The molecule has 5 aromatic carbocycles. The summed E-state index contributed by atoms with van der Waals surface area (Å²) in [7, 11) is -0.434. The Morgan fingerprint density at radius 3 is 1.00 bits per heavy atom. The molecule has 0 aliphatic heterocycles. The second kappa shape index (κ2) is 17.7. The Hall–Kier alpha value is -3.41. The maximum Gasteiger partial charge on any atom is 0.108 e. The smallest absolute Gasteiger partial charge is 0.108 e. The minimum atomic E-state index is -1.22. The van der Waals surface area contributed by atoms with Crippen molar-refractivity contribution in [3.05, 3.63) is 151 Å². The molecule has 0 nitrogen and oxygen atoms in total. The first-order chi connectivity index (χ1) is 24.5. The minimum Gasteiger partial charge on any atom is -0.195 e. The van der Waals surface area contributed by atoms with Gasteiger partial charge in [0.1, 0.15) is 6.15 Å². The Morgan fingerprint density at radius 2 is 0.720 bits per heavy atom. The van der Waals surface area contributed by atoms with E-state index in [-0.39, 0.29) is 0 Å². The third-order valence-electron chi connectivity index (χ3n) is 11.9. The van der Waals surface area contributed by atoms with E-state index in [4.69, 9.17) is 0 Å². The zero-order valence-electron chi connectivity index (χ0n) is 31.2. The van der Waals surface area contributed by atoms with E-state index < -0.39 is 14.1 Å². The summed E-state index contributed by atoms with van der Waals surface area (Å²) in [6.45, 7) is 9.49. The fourth-order valence-corrected chi connectivity index (χ4v) is 13.6. The van der Waals surface area contributed by atoms with Gasteiger partial charge in [0.2, 0.25) is 0 Å². The molecule has 2 saturated carbocycles. The molecule has 0 bridgehead atoms. The standard InChI is InChI=1S/C24H20B.C24H39P/c1-5-13-21(14-6-1)25(22-15-7-2-8-16-22,23-17-9-3-10-18-23)24-19-11-4-12-20-24;1-18(2)20-15-21(19(3)4)17-24(16-20)25(22-11-7-5-8-12-22)23-13-9-6-10-14-23/h1-20H;15-19,22-23H,5-14H2,1-4H3/q-1;/p+1. The summed E-state index contributed by atoms with van der Waals surface area (Å²) in [5, 5.41) is 1.80. The number of hydrogen-bond acceptors (Lipinski definition) is 0. The molecule has 0 atom stereocenters. The van der Waals surface area contributed by atoms with E-state index in [1.165, 1.54) is 86.1 Å². The average Bonchev–Trinajstić information content (AvgIpc) is 3.18. The van der Waals surface area contributed by atoms with Crippen LogP contribution >= 0.6 is 7.92 Å². The van der Waals surface area contributed by atoms with Crippen molar-refractivity contribution in [3.8, 4) is 0 Å².